The fourth-order valence-electron chi connectivity index (χ4n) is 4.77. The fraction of sp³-hybridized carbons (Fsp3) is 0.682. The van der Waals surface area contributed by atoms with Crippen LogP contribution in [0.25, 0.3) is 0 Å². The van der Waals surface area contributed by atoms with E-state index in [2.05, 4.69) is 10.2 Å². The topological polar surface area (TPSA) is 69.7 Å². The third-order valence-electron chi connectivity index (χ3n) is 6.48. The Morgan fingerprint density at radius 1 is 1.03 bits per heavy atom. The van der Waals surface area contributed by atoms with Crippen LogP contribution in [0.15, 0.2) is 24.3 Å². The fourth-order valence-corrected chi connectivity index (χ4v) is 6.39. The maximum atomic E-state index is 12.7. The average molecular weight is 493 g/mol. The van der Waals surface area contributed by atoms with E-state index < -0.39 is 10.0 Å². The van der Waals surface area contributed by atoms with Crippen LogP contribution in [0.3, 0.4) is 0 Å². The van der Waals surface area contributed by atoms with Crippen molar-refractivity contribution in [2.45, 2.75) is 57.4 Å². The average Bonchev–Trinajstić information content (AvgIpc) is 2.99. The first-order valence-electron chi connectivity index (χ1n) is 11.1. The van der Waals surface area contributed by atoms with E-state index in [1.807, 2.05) is 6.92 Å². The minimum atomic E-state index is -3.15. The first-order valence-corrected chi connectivity index (χ1v) is 13.1. The molecule has 0 spiro atoms. The van der Waals surface area contributed by atoms with Gasteiger partial charge in [-0.3, -0.25) is 9.69 Å². The zero-order valence-electron chi connectivity index (χ0n) is 18.3. The highest BCUT2D eigenvalue weighted by Crippen LogP contribution is 2.33. The summed E-state index contributed by atoms with van der Waals surface area (Å²) in [5.41, 5.74) is 0.512. The van der Waals surface area contributed by atoms with Crippen molar-refractivity contribution < 1.29 is 13.2 Å². The van der Waals surface area contributed by atoms with E-state index >= 15 is 0 Å². The van der Waals surface area contributed by atoms with E-state index in [1.54, 1.807) is 28.6 Å². The van der Waals surface area contributed by atoms with Gasteiger partial charge >= 0.3 is 0 Å². The number of nitrogens with one attached hydrogen (secondary N) is 1. The lowest BCUT2D eigenvalue weighted by Crippen LogP contribution is -2.61. The van der Waals surface area contributed by atoms with E-state index in [0.717, 1.165) is 38.8 Å². The molecule has 0 radical (unpaired) electrons. The Kier molecular flexibility index (Phi) is 10.1. The molecule has 1 aliphatic heterocycles. The molecule has 3 rings (SSSR count). The zero-order chi connectivity index (χ0) is 21.6. The standard InChI is InChI=1S/C22H34ClN3O3S.ClH/c1-2-17-30(28,29)26-15-13-25(14-16-26)22(11-5-3-4-6-12-22)18-24-21(27)19-7-9-20(23)10-8-19;/h7-10H,2-6,11-18H2,1H3,(H,24,27);1H. The lowest BCUT2D eigenvalue weighted by Gasteiger charge is -2.47. The van der Waals surface area contributed by atoms with Crippen LogP contribution < -0.4 is 5.32 Å². The molecular formula is C22H35Cl2N3O3S. The molecule has 31 heavy (non-hydrogen) atoms. The van der Waals surface area contributed by atoms with E-state index in [9.17, 15) is 13.2 Å². The van der Waals surface area contributed by atoms with Gasteiger partial charge in [-0.2, -0.15) is 4.31 Å². The van der Waals surface area contributed by atoms with Crippen LogP contribution >= 0.6 is 24.0 Å². The molecule has 0 bridgehead atoms. The Morgan fingerprint density at radius 3 is 2.16 bits per heavy atom. The van der Waals surface area contributed by atoms with E-state index in [0.29, 0.717) is 36.6 Å². The van der Waals surface area contributed by atoms with Crippen molar-refractivity contribution >= 4 is 39.9 Å². The summed E-state index contributed by atoms with van der Waals surface area (Å²) in [5, 5.41) is 3.77. The highest BCUT2D eigenvalue weighted by atomic mass is 35.5. The normalized spacial score (nSPS) is 20.5. The molecule has 6 nitrogen and oxygen atoms in total. The number of carbonyl (C=O) groups excluding carboxylic acids is 1. The van der Waals surface area contributed by atoms with Gasteiger partial charge in [0.25, 0.3) is 5.91 Å². The van der Waals surface area contributed by atoms with Crippen LogP contribution in [0.1, 0.15) is 62.2 Å². The van der Waals surface area contributed by atoms with Gasteiger partial charge in [-0.1, -0.05) is 44.2 Å². The van der Waals surface area contributed by atoms with Gasteiger partial charge in [0.05, 0.1) is 5.75 Å². The summed E-state index contributed by atoms with van der Waals surface area (Å²) < 4.78 is 26.5. The van der Waals surface area contributed by atoms with Crippen molar-refractivity contribution in [2.75, 3.05) is 38.5 Å². The van der Waals surface area contributed by atoms with Gasteiger partial charge in [0.2, 0.25) is 10.0 Å². The number of hydrogen-bond donors (Lipinski definition) is 1. The minimum Gasteiger partial charge on any atom is -0.350 e. The minimum absolute atomic E-state index is 0. The molecule has 1 saturated carbocycles. The molecule has 176 valence electrons. The number of sulfonamides is 1. The van der Waals surface area contributed by atoms with Crippen LogP contribution in [-0.4, -0.2) is 67.5 Å². The lowest BCUT2D eigenvalue weighted by molar-refractivity contribution is 0.0391. The Bertz CT molecular complexity index is 802. The summed E-state index contributed by atoms with van der Waals surface area (Å²) >= 11 is 5.94. The molecule has 9 heteroatoms. The SMILES string of the molecule is CCCS(=O)(=O)N1CCN(C2(CNC(=O)c3ccc(Cl)cc3)CCCCCC2)CC1.Cl. The van der Waals surface area contributed by atoms with Crippen LogP contribution in [0, 0.1) is 0 Å². The van der Waals surface area contributed by atoms with Crippen molar-refractivity contribution in [2.24, 2.45) is 0 Å². The van der Waals surface area contributed by atoms with Crippen LogP contribution in [0.5, 0.6) is 0 Å². The summed E-state index contributed by atoms with van der Waals surface area (Å²) in [6.45, 7) is 5.01. The highest BCUT2D eigenvalue weighted by molar-refractivity contribution is 7.89. The number of amides is 1. The Hall–Kier alpha value is -0.860. The third kappa shape index (κ3) is 6.81. The molecule has 0 unspecified atom stereocenters. The maximum Gasteiger partial charge on any atom is 0.251 e. The van der Waals surface area contributed by atoms with Gasteiger partial charge in [-0.05, 0) is 43.5 Å². The Balaban J connectivity index is 0.00000341. The number of nitrogens with zero attached hydrogens (tertiary/aromatic N) is 2. The summed E-state index contributed by atoms with van der Waals surface area (Å²) in [6, 6.07) is 6.95. The van der Waals surface area contributed by atoms with Crippen LogP contribution in [0.4, 0.5) is 0 Å². The molecule has 0 aromatic heterocycles. The second kappa shape index (κ2) is 11.8. The largest absolute Gasteiger partial charge is 0.350 e. The van der Waals surface area contributed by atoms with Crippen molar-refractivity contribution in [3.05, 3.63) is 34.9 Å². The van der Waals surface area contributed by atoms with E-state index in [1.165, 1.54) is 12.8 Å². The smallest absolute Gasteiger partial charge is 0.251 e. The predicted molar refractivity (Wildman–Crippen MR) is 129 cm³/mol. The maximum absolute atomic E-state index is 12.7. The first kappa shape index (κ1) is 26.4. The molecule has 1 aromatic rings. The summed E-state index contributed by atoms with van der Waals surface area (Å²) in [4.78, 5) is 15.1. The summed E-state index contributed by atoms with van der Waals surface area (Å²) in [6.07, 6.45) is 7.44. The Morgan fingerprint density at radius 2 is 1.61 bits per heavy atom. The van der Waals surface area contributed by atoms with Gasteiger partial charge in [0, 0.05) is 48.8 Å². The second-order valence-electron chi connectivity index (χ2n) is 8.53. The molecule has 2 aliphatic rings. The molecular weight excluding hydrogens is 457 g/mol. The number of halogens is 2. The lowest BCUT2D eigenvalue weighted by atomic mass is 9.87. The van der Waals surface area contributed by atoms with Gasteiger partial charge in [-0.25, -0.2) is 8.42 Å². The molecule has 1 saturated heterocycles. The van der Waals surface area contributed by atoms with Crippen LogP contribution in [-0.2, 0) is 10.0 Å². The summed E-state index contributed by atoms with van der Waals surface area (Å²) in [5.74, 6) is 0.134. The van der Waals surface area contributed by atoms with Gasteiger partial charge in [-0.15, -0.1) is 12.4 Å². The molecule has 0 atom stereocenters. The monoisotopic (exact) mass is 491 g/mol. The third-order valence-corrected chi connectivity index (χ3v) is 8.81. The van der Waals surface area contributed by atoms with Crippen molar-refractivity contribution in [3.63, 3.8) is 0 Å². The second-order valence-corrected chi connectivity index (χ2v) is 11.1. The molecule has 1 aliphatic carbocycles. The number of carbonyl (C=O) groups is 1. The number of hydrogen-bond acceptors (Lipinski definition) is 4. The van der Waals surface area contributed by atoms with Crippen LogP contribution in [0.2, 0.25) is 5.02 Å². The quantitative estimate of drug-likeness (QED) is 0.586. The Labute approximate surface area is 198 Å². The molecule has 1 N–H and O–H groups in total. The zero-order valence-corrected chi connectivity index (χ0v) is 20.7. The molecule has 2 fully saturated rings. The van der Waals surface area contributed by atoms with Gasteiger partial charge in [0.15, 0.2) is 0 Å². The predicted octanol–water partition coefficient (Wildman–Crippen LogP) is 3.94. The molecule has 1 amide bonds. The van der Waals surface area contributed by atoms with Crippen molar-refractivity contribution in [1.29, 1.82) is 0 Å². The van der Waals surface area contributed by atoms with E-state index in [-0.39, 0.29) is 29.6 Å². The number of piperazine rings is 1. The van der Waals surface area contributed by atoms with Gasteiger partial charge < -0.3 is 5.32 Å². The van der Waals surface area contributed by atoms with Crippen molar-refractivity contribution in [1.82, 2.24) is 14.5 Å². The van der Waals surface area contributed by atoms with E-state index in [4.69, 9.17) is 11.6 Å². The molecule has 1 heterocycles. The molecule has 1 aromatic carbocycles. The number of rotatable bonds is 7. The highest BCUT2D eigenvalue weighted by Gasteiger charge is 2.40. The number of benzene rings is 1. The van der Waals surface area contributed by atoms with Crippen molar-refractivity contribution in [3.8, 4) is 0 Å². The first-order chi connectivity index (χ1) is 14.4. The summed E-state index contributed by atoms with van der Waals surface area (Å²) in [7, 11) is -3.15. The van der Waals surface area contributed by atoms with Gasteiger partial charge in [0.1, 0.15) is 0 Å².